The summed E-state index contributed by atoms with van der Waals surface area (Å²) in [4.78, 5) is 0. The van der Waals surface area contributed by atoms with E-state index in [2.05, 4.69) is 13.8 Å². The van der Waals surface area contributed by atoms with Crippen LogP contribution in [0, 0.1) is 11.3 Å². The smallest absolute Gasteiger partial charge is 0.0677 e. The Morgan fingerprint density at radius 2 is 1.53 bits per heavy atom. The van der Waals surface area contributed by atoms with Gasteiger partial charge in [0.15, 0.2) is 0 Å². The molecule has 2 fully saturated rings. The quantitative estimate of drug-likeness (QED) is 0.724. The molecule has 1 saturated heterocycles. The van der Waals surface area contributed by atoms with Crippen LogP contribution in [0.3, 0.4) is 0 Å². The number of aliphatic hydroxyl groups is 1. The van der Waals surface area contributed by atoms with Crippen LogP contribution in [0.5, 0.6) is 0 Å². The Kier molecular flexibility index (Phi) is 3.09. The molecular formula is C13H24O2. The van der Waals surface area contributed by atoms with Crippen LogP contribution >= 0.6 is 0 Å². The van der Waals surface area contributed by atoms with Crippen molar-refractivity contribution in [1.29, 1.82) is 0 Å². The molecule has 0 aromatic rings. The van der Waals surface area contributed by atoms with Crippen molar-refractivity contribution in [3.05, 3.63) is 0 Å². The lowest BCUT2D eigenvalue weighted by Gasteiger charge is -2.45. The molecular weight excluding hydrogens is 188 g/mol. The number of rotatable bonds is 1. The molecule has 1 heterocycles. The molecule has 2 heteroatoms. The highest BCUT2D eigenvalue weighted by atomic mass is 16.5. The topological polar surface area (TPSA) is 29.5 Å². The molecule has 88 valence electrons. The van der Waals surface area contributed by atoms with Gasteiger partial charge in [-0.1, -0.05) is 13.8 Å². The normalized spacial score (nSPS) is 31.4. The van der Waals surface area contributed by atoms with E-state index in [0.29, 0.717) is 11.3 Å². The zero-order chi connectivity index (χ0) is 10.9. The Morgan fingerprint density at radius 3 is 2.07 bits per heavy atom. The maximum Gasteiger partial charge on any atom is 0.0677 e. The maximum atomic E-state index is 10.7. The van der Waals surface area contributed by atoms with Crippen LogP contribution in [0.25, 0.3) is 0 Å². The van der Waals surface area contributed by atoms with Crippen LogP contribution in [0.4, 0.5) is 0 Å². The van der Waals surface area contributed by atoms with E-state index >= 15 is 0 Å². The van der Waals surface area contributed by atoms with Gasteiger partial charge in [-0.3, -0.25) is 0 Å². The van der Waals surface area contributed by atoms with Crippen molar-refractivity contribution in [2.24, 2.45) is 11.3 Å². The van der Waals surface area contributed by atoms with Gasteiger partial charge in [-0.05, 0) is 49.9 Å². The summed E-state index contributed by atoms with van der Waals surface area (Å²) in [6.45, 7) is 6.32. The second-order valence-electron chi connectivity index (χ2n) is 6.15. The minimum Gasteiger partial charge on any atom is -0.390 e. The monoisotopic (exact) mass is 212 g/mol. The SMILES string of the molecule is CC1(C)CCC(O)(C2CCOCC2)CC1. The van der Waals surface area contributed by atoms with Crippen LogP contribution in [-0.4, -0.2) is 23.9 Å². The van der Waals surface area contributed by atoms with Gasteiger partial charge in [0, 0.05) is 13.2 Å². The molecule has 1 aliphatic heterocycles. The molecule has 0 bridgehead atoms. The third-order valence-corrected chi connectivity index (χ3v) is 4.45. The molecule has 0 spiro atoms. The first kappa shape index (κ1) is 11.4. The third-order valence-electron chi connectivity index (χ3n) is 4.45. The third kappa shape index (κ3) is 2.54. The van der Waals surface area contributed by atoms with Gasteiger partial charge in [-0.2, -0.15) is 0 Å². The summed E-state index contributed by atoms with van der Waals surface area (Å²) in [5, 5.41) is 10.7. The second kappa shape index (κ2) is 4.06. The van der Waals surface area contributed by atoms with E-state index in [1.165, 1.54) is 12.8 Å². The minimum atomic E-state index is -0.376. The molecule has 0 aromatic heterocycles. The van der Waals surface area contributed by atoms with E-state index in [-0.39, 0.29) is 5.60 Å². The van der Waals surface area contributed by atoms with Crippen LogP contribution in [0.15, 0.2) is 0 Å². The Hall–Kier alpha value is -0.0800. The molecule has 0 radical (unpaired) electrons. The molecule has 2 aliphatic rings. The fourth-order valence-electron chi connectivity index (χ4n) is 3.00. The van der Waals surface area contributed by atoms with Gasteiger partial charge < -0.3 is 9.84 Å². The predicted octanol–water partition coefficient (Wildman–Crippen LogP) is 2.74. The molecule has 1 aliphatic carbocycles. The van der Waals surface area contributed by atoms with Crippen LogP contribution < -0.4 is 0 Å². The van der Waals surface area contributed by atoms with Gasteiger partial charge in [0.2, 0.25) is 0 Å². The molecule has 15 heavy (non-hydrogen) atoms. The summed E-state index contributed by atoms with van der Waals surface area (Å²) in [6, 6.07) is 0. The molecule has 0 amide bonds. The van der Waals surface area contributed by atoms with Crippen molar-refractivity contribution < 1.29 is 9.84 Å². The first-order chi connectivity index (χ1) is 7.02. The fraction of sp³-hybridized carbons (Fsp3) is 1.00. The average Bonchev–Trinajstić information content (AvgIpc) is 2.24. The number of hydrogen-bond acceptors (Lipinski definition) is 2. The zero-order valence-electron chi connectivity index (χ0n) is 10.1. The maximum absolute atomic E-state index is 10.7. The molecule has 0 aromatic carbocycles. The summed E-state index contributed by atoms with van der Waals surface area (Å²) in [5.41, 5.74) is 0.0662. The minimum absolute atomic E-state index is 0.376. The van der Waals surface area contributed by atoms with E-state index in [1.54, 1.807) is 0 Å². The lowest BCUT2D eigenvalue weighted by atomic mass is 9.65. The van der Waals surface area contributed by atoms with Crippen molar-refractivity contribution in [3.63, 3.8) is 0 Å². The molecule has 2 rings (SSSR count). The van der Waals surface area contributed by atoms with Gasteiger partial charge in [-0.25, -0.2) is 0 Å². The second-order valence-corrected chi connectivity index (χ2v) is 6.15. The zero-order valence-corrected chi connectivity index (χ0v) is 10.1. The van der Waals surface area contributed by atoms with Crippen molar-refractivity contribution in [3.8, 4) is 0 Å². The Morgan fingerprint density at radius 1 is 1.00 bits per heavy atom. The predicted molar refractivity (Wildman–Crippen MR) is 60.7 cm³/mol. The molecule has 0 unspecified atom stereocenters. The Labute approximate surface area is 93.0 Å². The van der Waals surface area contributed by atoms with E-state index in [9.17, 15) is 5.11 Å². The Bertz CT molecular complexity index is 207. The van der Waals surface area contributed by atoms with E-state index < -0.39 is 0 Å². The van der Waals surface area contributed by atoms with Crippen molar-refractivity contribution in [2.75, 3.05) is 13.2 Å². The highest BCUT2D eigenvalue weighted by Crippen LogP contribution is 2.45. The first-order valence-corrected chi connectivity index (χ1v) is 6.32. The summed E-state index contributed by atoms with van der Waals surface area (Å²) >= 11 is 0. The van der Waals surface area contributed by atoms with E-state index in [1.807, 2.05) is 0 Å². The standard InChI is InChI=1S/C13H24O2/c1-12(2)5-7-13(14,8-6-12)11-3-9-15-10-4-11/h11,14H,3-10H2,1-2H3. The molecule has 2 nitrogen and oxygen atoms in total. The molecule has 1 saturated carbocycles. The number of ether oxygens (including phenoxy) is 1. The highest BCUT2D eigenvalue weighted by Gasteiger charge is 2.42. The molecule has 1 N–H and O–H groups in total. The lowest BCUT2D eigenvalue weighted by Crippen LogP contribution is -2.45. The lowest BCUT2D eigenvalue weighted by molar-refractivity contribution is -0.102. The van der Waals surface area contributed by atoms with Gasteiger partial charge in [0.25, 0.3) is 0 Å². The highest BCUT2D eigenvalue weighted by molar-refractivity contribution is 4.94. The summed E-state index contributed by atoms with van der Waals surface area (Å²) in [5.74, 6) is 0.488. The van der Waals surface area contributed by atoms with E-state index in [0.717, 1.165) is 38.9 Å². The van der Waals surface area contributed by atoms with Crippen molar-refractivity contribution >= 4 is 0 Å². The fourth-order valence-corrected chi connectivity index (χ4v) is 3.00. The van der Waals surface area contributed by atoms with Gasteiger partial charge in [0.05, 0.1) is 5.60 Å². The van der Waals surface area contributed by atoms with Crippen LogP contribution in [0.1, 0.15) is 52.4 Å². The summed E-state index contributed by atoms with van der Waals surface area (Å²) in [7, 11) is 0. The average molecular weight is 212 g/mol. The van der Waals surface area contributed by atoms with Crippen LogP contribution in [0.2, 0.25) is 0 Å². The number of hydrogen-bond donors (Lipinski definition) is 1. The summed E-state index contributed by atoms with van der Waals surface area (Å²) in [6.07, 6.45) is 6.42. The summed E-state index contributed by atoms with van der Waals surface area (Å²) < 4.78 is 5.37. The van der Waals surface area contributed by atoms with Crippen molar-refractivity contribution in [2.45, 2.75) is 58.0 Å². The van der Waals surface area contributed by atoms with Crippen LogP contribution in [-0.2, 0) is 4.74 Å². The Balaban J connectivity index is 1.95. The van der Waals surface area contributed by atoms with Gasteiger partial charge >= 0.3 is 0 Å². The molecule has 0 atom stereocenters. The van der Waals surface area contributed by atoms with Gasteiger partial charge in [-0.15, -0.1) is 0 Å². The van der Waals surface area contributed by atoms with Gasteiger partial charge in [0.1, 0.15) is 0 Å². The van der Waals surface area contributed by atoms with E-state index in [4.69, 9.17) is 4.74 Å². The largest absolute Gasteiger partial charge is 0.390 e. The first-order valence-electron chi connectivity index (χ1n) is 6.32. The van der Waals surface area contributed by atoms with Crippen molar-refractivity contribution in [1.82, 2.24) is 0 Å².